The predicted octanol–water partition coefficient (Wildman–Crippen LogP) is 1.70. The molecule has 0 aliphatic heterocycles. The molecule has 0 saturated carbocycles. The average molecular weight is 238 g/mol. The fraction of sp³-hybridized carbons (Fsp3) is 0.250. The molecule has 0 aliphatic carbocycles. The van der Waals surface area contributed by atoms with Gasteiger partial charge in [0.15, 0.2) is 5.75 Å². The van der Waals surface area contributed by atoms with Crippen LogP contribution in [0.3, 0.4) is 0 Å². The van der Waals surface area contributed by atoms with Gasteiger partial charge < -0.3 is 9.72 Å². The van der Waals surface area contributed by atoms with Crippen LogP contribution in [0.2, 0.25) is 0 Å². The number of H-pyrrole nitrogens is 1. The van der Waals surface area contributed by atoms with E-state index in [9.17, 15) is 18.4 Å². The van der Waals surface area contributed by atoms with Gasteiger partial charge in [-0.3, -0.25) is 9.59 Å². The molecule has 0 aliphatic rings. The summed E-state index contributed by atoms with van der Waals surface area (Å²) < 4.78 is 29.5. The average Bonchev–Trinajstić information content (AvgIpc) is 2.16. The summed E-state index contributed by atoms with van der Waals surface area (Å²) >= 11 is 5.10. The second-order valence-electron chi connectivity index (χ2n) is 2.57. The van der Waals surface area contributed by atoms with Crippen molar-refractivity contribution < 1.29 is 18.3 Å². The SMILES string of the molecule is COc1c(C(F)F)cc(=O)[nH]c1C(=O)Cl. The topological polar surface area (TPSA) is 59.2 Å². The Morgan fingerprint density at radius 1 is 1.60 bits per heavy atom. The number of hydrogen-bond donors (Lipinski definition) is 1. The fourth-order valence-corrected chi connectivity index (χ4v) is 1.22. The third-order valence-electron chi connectivity index (χ3n) is 1.66. The number of hydrogen-bond acceptors (Lipinski definition) is 3. The van der Waals surface area contributed by atoms with Crippen molar-refractivity contribution >= 4 is 16.8 Å². The van der Waals surface area contributed by atoms with Crippen LogP contribution in [0, 0.1) is 0 Å². The zero-order valence-electron chi connectivity index (χ0n) is 7.51. The Morgan fingerprint density at radius 3 is 2.60 bits per heavy atom. The Hall–Kier alpha value is -1.43. The summed E-state index contributed by atoms with van der Waals surface area (Å²) in [5, 5.41) is -1.06. The van der Waals surface area contributed by atoms with E-state index in [0.717, 1.165) is 7.11 Å². The van der Waals surface area contributed by atoms with Crippen LogP contribution >= 0.6 is 11.6 Å². The Morgan fingerprint density at radius 2 is 2.20 bits per heavy atom. The highest BCUT2D eigenvalue weighted by molar-refractivity contribution is 6.67. The van der Waals surface area contributed by atoms with E-state index >= 15 is 0 Å². The Kier molecular flexibility index (Phi) is 3.41. The maximum absolute atomic E-state index is 12.5. The number of aromatic amines is 1. The van der Waals surface area contributed by atoms with E-state index in [4.69, 9.17) is 11.6 Å². The van der Waals surface area contributed by atoms with Crippen molar-refractivity contribution in [3.63, 3.8) is 0 Å². The molecule has 15 heavy (non-hydrogen) atoms. The normalized spacial score (nSPS) is 10.5. The molecule has 0 fully saturated rings. The van der Waals surface area contributed by atoms with Crippen LogP contribution in [-0.2, 0) is 0 Å². The minimum atomic E-state index is -2.92. The first-order valence-corrected chi connectivity index (χ1v) is 4.14. The monoisotopic (exact) mass is 237 g/mol. The van der Waals surface area contributed by atoms with Crippen molar-refractivity contribution in [2.45, 2.75) is 6.43 Å². The Balaban J connectivity index is 3.52. The van der Waals surface area contributed by atoms with Crippen LogP contribution in [-0.4, -0.2) is 17.3 Å². The van der Waals surface area contributed by atoms with Gasteiger partial charge in [0, 0.05) is 6.07 Å². The molecule has 0 saturated heterocycles. The Bertz CT molecular complexity index is 444. The van der Waals surface area contributed by atoms with Gasteiger partial charge in [-0.2, -0.15) is 0 Å². The van der Waals surface area contributed by atoms with E-state index in [1.54, 1.807) is 0 Å². The molecule has 0 bridgehead atoms. The van der Waals surface area contributed by atoms with Crippen LogP contribution in [0.4, 0.5) is 8.78 Å². The van der Waals surface area contributed by atoms with Gasteiger partial charge in [0.25, 0.3) is 11.7 Å². The van der Waals surface area contributed by atoms with Gasteiger partial charge in [0.2, 0.25) is 5.56 Å². The van der Waals surface area contributed by atoms with Crippen LogP contribution < -0.4 is 10.3 Å². The van der Waals surface area contributed by atoms with Gasteiger partial charge >= 0.3 is 0 Å². The molecule has 4 nitrogen and oxygen atoms in total. The zero-order chi connectivity index (χ0) is 11.6. The highest BCUT2D eigenvalue weighted by Crippen LogP contribution is 2.30. The molecule has 0 spiro atoms. The molecule has 0 atom stereocenters. The number of ether oxygens (including phenoxy) is 1. The second kappa shape index (κ2) is 4.39. The minimum Gasteiger partial charge on any atom is -0.494 e. The van der Waals surface area contributed by atoms with E-state index in [1.807, 2.05) is 4.98 Å². The third kappa shape index (κ3) is 2.33. The van der Waals surface area contributed by atoms with E-state index in [1.165, 1.54) is 0 Å². The van der Waals surface area contributed by atoms with Crippen molar-refractivity contribution in [1.82, 2.24) is 4.98 Å². The number of carbonyl (C=O) groups excluding carboxylic acids is 1. The summed E-state index contributed by atoms with van der Waals surface area (Å²) in [4.78, 5) is 23.8. The molecule has 1 aromatic heterocycles. The standard InChI is InChI=1S/C8H6ClF2NO3/c1-15-6-3(8(10)11)2-4(13)12-5(6)7(9)14/h2,8H,1H3,(H,12,13). The number of aromatic nitrogens is 1. The summed E-state index contributed by atoms with van der Waals surface area (Å²) in [5.41, 5.74) is -1.97. The van der Waals surface area contributed by atoms with Gasteiger partial charge in [0.1, 0.15) is 5.69 Å². The molecule has 0 radical (unpaired) electrons. The first-order chi connectivity index (χ1) is 6.97. The molecule has 0 unspecified atom stereocenters. The Labute approximate surface area is 87.8 Å². The van der Waals surface area contributed by atoms with E-state index in [2.05, 4.69) is 4.74 Å². The highest BCUT2D eigenvalue weighted by atomic mass is 35.5. The van der Waals surface area contributed by atoms with Gasteiger partial charge in [-0.15, -0.1) is 0 Å². The molecule has 7 heteroatoms. The quantitative estimate of drug-likeness (QED) is 0.814. The van der Waals surface area contributed by atoms with E-state index in [0.29, 0.717) is 6.07 Å². The van der Waals surface area contributed by atoms with Crippen LogP contribution in [0.5, 0.6) is 5.75 Å². The van der Waals surface area contributed by atoms with Gasteiger partial charge in [-0.25, -0.2) is 8.78 Å². The fourth-order valence-electron chi connectivity index (χ4n) is 1.09. The van der Waals surface area contributed by atoms with Crippen molar-refractivity contribution in [1.29, 1.82) is 0 Å². The van der Waals surface area contributed by atoms with E-state index < -0.39 is 34.2 Å². The number of pyridine rings is 1. The van der Waals surface area contributed by atoms with Crippen LogP contribution in [0.15, 0.2) is 10.9 Å². The molecule has 1 heterocycles. The van der Waals surface area contributed by atoms with Crippen molar-refractivity contribution in [3.05, 3.63) is 27.7 Å². The summed E-state index contributed by atoms with van der Waals surface area (Å²) in [5.74, 6) is -0.412. The summed E-state index contributed by atoms with van der Waals surface area (Å²) in [6, 6.07) is 0.660. The molecule has 0 amide bonds. The molecular formula is C8H6ClF2NO3. The number of halogens is 3. The summed E-state index contributed by atoms with van der Waals surface area (Å²) in [6.45, 7) is 0. The number of nitrogens with one attached hydrogen (secondary N) is 1. The van der Waals surface area contributed by atoms with Crippen molar-refractivity contribution in [2.24, 2.45) is 0 Å². The van der Waals surface area contributed by atoms with Crippen LogP contribution in [0.1, 0.15) is 22.5 Å². The van der Waals surface area contributed by atoms with Crippen molar-refractivity contribution in [3.8, 4) is 5.75 Å². The molecular weight excluding hydrogens is 232 g/mol. The first-order valence-electron chi connectivity index (χ1n) is 3.76. The number of carbonyl (C=O) groups is 1. The molecule has 1 aromatic rings. The van der Waals surface area contributed by atoms with Crippen LogP contribution in [0.25, 0.3) is 0 Å². The summed E-state index contributed by atoms with van der Waals surface area (Å²) in [6.07, 6.45) is -2.92. The second-order valence-corrected chi connectivity index (χ2v) is 2.91. The molecule has 1 N–H and O–H groups in total. The van der Waals surface area contributed by atoms with Crippen molar-refractivity contribution in [2.75, 3.05) is 7.11 Å². The predicted molar refractivity (Wildman–Crippen MR) is 48.8 cm³/mol. The number of methoxy groups -OCH3 is 1. The van der Waals surface area contributed by atoms with Gasteiger partial charge in [0.05, 0.1) is 12.7 Å². The highest BCUT2D eigenvalue weighted by Gasteiger charge is 2.21. The smallest absolute Gasteiger partial charge is 0.272 e. The molecule has 82 valence electrons. The molecule has 0 aromatic carbocycles. The van der Waals surface area contributed by atoms with E-state index in [-0.39, 0.29) is 0 Å². The third-order valence-corrected chi connectivity index (χ3v) is 1.85. The lowest BCUT2D eigenvalue weighted by Crippen LogP contribution is -2.14. The lowest BCUT2D eigenvalue weighted by molar-refractivity contribution is 0.107. The van der Waals surface area contributed by atoms with Gasteiger partial charge in [-0.05, 0) is 11.6 Å². The summed E-state index contributed by atoms with van der Waals surface area (Å²) in [7, 11) is 1.10. The lowest BCUT2D eigenvalue weighted by atomic mass is 10.2. The number of alkyl halides is 2. The zero-order valence-corrected chi connectivity index (χ0v) is 8.27. The molecule has 1 rings (SSSR count). The first kappa shape index (κ1) is 11.6. The number of rotatable bonds is 3. The lowest BCUT2D eigenvalue weighted by Gasteiger charge is -2.09. The maximum Gasteiger partial charge on any atom is 0.272 e. The van der Waals surface area contributed by atoms with Gasteiger partial charge in [-0.1, -0.05) is 0 Å². The minimum absolute atomic E-state index is 0.412. The maximum atomic E-state index is 12.5. The largest absolute Gasteiger partial charge is 0.494 e.